The molecule has 0 aliphatic heterocycles. The largest absolute Gasteiger partial charge is 0.351 e. The van der Waals surface area contributed by atoms with E-state index in [2.05, 4.69) is 22.4 Å². The fourth-order valence-corrected chi connectivity index (χ4v) is 4.53. The van der Waals surface area contributed by atoms with Gasteiger partial charge in [-0.2, -0.15) is 0 Å². The fraction of sp³-hybridized carbons (Fsp3) is 0.240. The smallest absolute Gasteiger partial charge is 0.267 e. The highest BCUT2D eigenvalue weighted by Gasteiger charge is 2.22. The second kappa shape index (κ2) is 9.78. The average Bonchev–Trinajstić information content (AvgIpc) is 3.46. The summed E-state index contributed by atoms with van der Waals surface area (Å²) in [6, 6.07) is 19.3. The minimum absolute atomic E-state index is 0.0324. The van der Waals surface area contributed by atoms with Crippen molar-refractivity contribution in [3.63, 3.8) is 0 Å². The second-order valence-corrected chi connectivity index (χ2v) is 8.73. The minimum Gasteiger partial charge on any atom is -0.351 e. The van der Waals surface area contributed by atoms with E-state index in [4.69, 9.17) is 0 Å². The van der Waals surface area contributed by atoms with Crippen LogP contribution < -0.4 is 5.32 Å². The third-order valence-corrected chi connectivity index (χ3v) is 6.49. The zero-order chi connectivity index (χ0) is 22.5. The Kier molecular flexibility index (Phi) is 6.66. The number of carbonyl (C=O) groups is 2. The fourth-order valence-electron chi connectivity index (χ4n) is 3.82. The van der Waals surface area contributed by atoms with Gasteiger partial charge in [-0.3, -0.25) is 9.59 Å². The normalized spacial score (nSPS) is 11.9. The molecule has 4 rings (SSSR count). The average molecular weight is 447 g/mol. The molecule has 0 bridgehead atoms. The summed E-state index contributed by atoms with van der Waals surface area (Å²) < 4.78 is 2.79. The number of carbonyl (C=O) groups excluding carboxylic acids is 2. The van der Waals surface area contributed by atoms with Crippen molar-refractivity contribution in [3.8, 4) is 0 Å². The van der Waals surface area contributed by atoms with Crippen LogP contribution in [0.4, 0.5) is 0 Å². The van der Waals surface area contributed by atoms with Gasteiger partial charge in [0.15, 0.2) is 0 Å². The molecule has 164 valence electrons. The molecule has 0 fully saturated rings. The van der Waals surface area contributed by atoms with Crippen molar-refractivity contribution < 1.29 is 9.59 Å². The highest BCUT2D eigenvalue weighted by Crippen LogP contribution is 2.21. The molecule has 0 saturated carbocycles. The molecule has 0 unspecified atom stereocenters. The van der Waals surface area contributed by atoms with Crippen LogP contribution in [0.3, 0.4) is 0 Å². The Morgan fingerprint density at radius 1 is 1.12 bits per heavy atom. The van der Waals surface area contributed by atoms with Gasteiger partial charge in [-0.1, -0.05) is 30.3 Å². The molecule has 2 heterocycles. The third kappa shape index (κ3) is 4.89. The first-order chi connectivity index (χ1) is 15.5. The maximum atomic E-state index is 13.3. The first-order valence-corrected chi connectivity index (χ1v) is 11.4. The molecule has 0 saturated heterocycles. The van der Waals surface area contributed by atoms with Crippen molar-refractivity contribution in [3.05, 3.63) is 89.2 Å². The quantitative estimate of drug-likeness (QED) is 0.442. The van der Waals surface area contributed by atoms with E-state index < -0.39 is 0 Å². The molecule has 2 amide bonds. The zero-order valence-electron chi connectivity index (χ0n) is 18.2. The molecule has 7 heteroatoms. The number of benzene rings is 2. The van der Waals surface area contributed by atoms with Crippen LogP contribution >= 0.6 is 11.3 Å². The highest BCUT2D eigenvalue weighted by molar-refractivity contribution is 7.16. The number of amides is 2. The number of nitrogens with zero attached hydrogens (tertiary/aromatic N) is 3. The van der Waals surface area contributed by atoms with Gasteiger partial charge in [0.05, 0.1) is 15.7 Å². The van der Waals surface area contributed by atoms with E-state index in [1.165, 1.54) is 11.3 Å². The van der Waals surface area contributed by atoms with Gasteiger partial charge in [-0.25, -0.2) is 4.98 Å². The number of aromatic nitrogens is 2. The molecular formula is C25H26N4O2S. The van der Waals surface area contributed by atoms with Crippen LogP contribution in [0.15, 0.2) is 72.4 Å². The number of likely N-dealkylation sites (N-methyl/N-ethyl adjacent to an activating group) is 1. The number of hydrogen-bond acceptors (Lipinski definition) is 4. The maximum Gasteiger partial charge on any atom is 0.267 e. The van der Waals surface area contributed by atoms with Crippen LogP contribution in [0.5, 0.6) is 0 Å². The monoisotopic (exact) mass is 446 g/mol. The lowest BCUT2D eigenvalue weighted by Crippen LogP contribution is -2.41. The third-order valence-electron chi connectivity index (χ3n) is 5.70. The van der Waals surface area contributed by atoms with Crippen molar-refractivity contribution in [2.45, 2.75) is 18.9 Å². The highest BCUT2D eigenvalue weighted by atomic mass is 32.1. The summed E-state index contributed by atoms with van der Waals surface area (Å²) >= 11 is 1.53. The summed E-state index contributed by atoms with van der Waals surface area (Å²) in [5.41, 5.74) is 5.11. The van der Waals surface area contributed by atoms with Gasteiger partial charge in [0.25, 0.3) is 11.8 Å². The van der Waals surface area contributed by atoms with Crippen molar-refractivity contribution >= 4 is 33.4 Å². The first kappa shape index (κ1) is 21.8. The molecule has 2 aromatic carbocycles. The van der Waals surface area contributed by atoms with Crippen LogP contribution in [0.2, 0.25) is 0 Å². The van der Waals surface area contributed by atoms with Crippen molar-refractivity contribution in [2.24, 2.45) is 7.05 Å². The van der Waals surface area contributed by atoms with Crippen LogP contribution in [0, 0.1) is 0 Å². The summed E-state index contributed by atoms with van der Waals surface area (Å²) in [6.45, 7) is 0.479. The van der Waals surface area contributed by atoms with Crippen LogP contribution in [0.1, 0.15) is 32.8 Å². The minimum atomic E-state index is -0.111. The Balaban J connectivity index is 1.48. The Bertz CT molecular complexity index is 1210. The number of hydrogen-bond donors (Lipinski definition) is 1. The lowest BCUT2D eigenvalue weighted by Gasteiger charge is -2.29. The van der Waals surface area contributed by atoms with E-state index >= 15 is 0 Å². The van der Waals surface area contributed by atoms with Gasteiger partial charge in [0.2, 0.25) is 0 Å². The summed E-state index contributed by atoms with van der Waals surface area (Å²) in [4.78, 5) is 31.8. The lowest BCUT2D eigenvalue weighted by molar-refractivity contribution is 0.0723. The van der Waals surface area contributed by atoms with Crippen LogP contribution in [0.25, 0.3) is 10.2 Å². The maximum absolute atomic E-state index is 13.3. The SMILES string of the molecule is CN(C(=O)c1ccc2ncsc2c1)[C@H](CCNC(=O)c1cccn1C)Cc1ccccc1. The van der Waals surface area contributed by atoms with E-state index in [0.29, 0.717) is 30.6 Å². The number of aryl methyl sites for hydroxylation is 1. The molecule has 1 atom stereocenters. The van der Waals surface area contributed by atoms with Gasteiger partial charge in [-0.05, 0) is 48.7 Å². The van der Waals surface area contributed by atoms with Gasteiger partial charge in [-0.15, -0.1) is 11.3 Å². The van der Waals surface area contributed by atoms with Crippen molar-refractivity contribution in [1.82, 2.24) is 19.8 Å². The van der Waals surface area contributed by atoms with Gasteiger partial charge < -0.3 is 14.8 Å². The number of nitrogens with one attached hydrogen (secondary N) is 1. The predicted octanol–water partition coefficient (Wildman–Crippen LogP) is 4.14. The summed E-state index contributed by atoms with van der Waals surface area (Å²) in [6.07, 6.45) is 3.21. The van der Waals surface area contributed by atoms with E-state index in [1.807, 2.05) is 62.8 Å². The van der Waals surface area contributed by atoms with Crippen LogP contribution in [-0.2, 0) is 13.5 Å². The lowest BCUT2D eigenvalue weighted by atomic mass is 10.0. The second-order valence-electron chi connectivity index (χ2n) is 7.84. The molecule has 2 aromatic heterocycles. The molecule has 0 spiro atoms. The van der Waals surface area contributed by atoms with E-state index in [-0.39, 0.29) is 17.9 Å². The number of thiazole rings is 1. The molecule has 1 N–H and O–H groups in total. The van der Waals surface area contributed by atoms with E-state index in [9.17, 15) is 9.59 Å². The molecular weight excluding hydrogens is 420 g/mol. The van der Waals surface area contributed by atoms with E-state index in [0.717, 1.165) is 15.8 Å². The summed E-state index contributed by atoms with van der Waals surface area (Å²) in [5, 5.41) is 2.99. The standard InChI is InChI=1S/C25H26N4O2S/c1-28-14-6-9-22(28)24(30)26-13-12-20(15-18-7-4-3-5-8-18)29(2)25(31)19-10-11-21-23(16-19)32-17-27-21/h3-11,14,16-17,20H,12-13,15H2,1-2H3,(H,26,30)/t20-/m1/s1. The zero-order valence-corrected chi connectivity index (χ0v) is 19.0. The Hall–Kier alpha value is -3.45. The number of fused-ring (bicyclic) bond motifs is 1. The summed E-state index contributed by atoms with van der Waals surface area (Å²) in [5.74, 6) is -0.143. The van der Waals surface area contributed by atoms with Crippen molar-refractivity contribution in [1.29, 1.82) is 0 Å². The van der Waals surface area contributed by atoms with Gasteiger partial charge >= 0.3 is 0 Å². The number of rotatable bonds is 8. The Labute approximate surface area is 191 Å². The van der Waals surface area contributed by atoms with E-state index in [1.54, 1.807) is 21.0 Å². The van der Waals surface area contributed by atoms with Gasteiger partial charge in [0, 0.05) is 38.4 Å². The van der Waals surface area contributed by atoms with Gasteiger partial charge in [0.1, 0.15) is 5.69 Å². The van der Waals surface area contributed by atoms with Crippen LogP contribution in [-0.4, -0.2) is 45.9 Å². The summed E-state index contributed by atoms with van der Waals surface area (Å²) in [7, 11) is 3.69. The molecule has 6 nitrogen and oxygen atoms in total. The topological polar surface area (TPSA) is 67.2 Å². The first-order valence-electron chi connectivity index (χ1n) is 10.6. The Morgan fingerprint density at radius 2 is 1.94 bits per heavy atom. The predicted molar refractivity (Wildman–Crippen MR) is 128 cm³/mol. The molecule has 4 aromatic rings. The Morgan fingerprint density at radius 3 is 2.69 bits per heavy atom. The molecule has 0 aliphatic carbocycles. The molecule has 32 heavy (non-hydrogen) atoms. The van der Waals surface area contributed by atoms with Crippen molar-refractivity contribution in [2.75, 3.05) is 13.6 Å². The molecule has 0 radical (unpaired) electrons. The molecule has 0 aliphatic rings.